The third kappa shape index (κ3) is 4.21. The van der Waals surface area contributed by atoms with Crippen molar-refractivity contribution in [2.24, 2.45) is 0 Å². The summed E-state index contributed by atoms with van der Waals surface area (Å²) in [5.41, 5.74) is 1.24. The van der Waals surface area contributed by atoms with Gasteiger partial charge in [-0.2, -0.15) is 0 Å². The number of likely N-dealkylation sites (N-methyl/N-ethyl adjacent to an activating group) is 1. The summed E-state index contributed by atoms with van der Waals surface area (Å²) in [7, 11) is 2.00. The van der Waals surface area contributed by atoms with Crippen LogP contribution in [0.15, 0.2) is 22.7 Å². The van der Waals surface area contributed by atoms with Crippen LogP contribution >= 0.6 is 15.9 Å². The molecule has 1 aromatic carbocycles. The second-order valence-corrected chi connectivity index (χ2v) is 5.93. The maximum Gasteiger partial charge on any atom is 0.307 e. The van der Waals surface area contributed by atoms with E-state index >= 15 is 0 Å². The van der Waals surface area contributed by atoms with Crippen molar-refractivity contribution in [2.45, 2.75) is 25.9 Å². The molecule has 0 saturated carbocycles. The molecule has 1 unspecified atom stereocenters. The quantitative estimate of drug-likeness (QED) is 0.745. The second-order valence-electron chi connectivity index (χ2n) is 5.01. The number of fused-ring (bicyclic) bond motifs is 1. The van der Waals surface area contributed by atoms with Gasteiger partial charge in [-0.15, -0.1) is 0 Å². The van der Waals surface area contributed by atoms with Gasteiger partial charge in [-0.05, 0) is 37.7 Å². The zero-order valence-corrected chi connectivity index (χ0v) is 13.5. The van der Waals surface area contributed by atoms with Gasteiger partial charge in [0.1, 0.15) is 11.9 Å². The molecule has 0 saturated heterocycles. The van der Waals surface area contributed by atoms with Crippen molar-refractivity contribution >= 4 is 21.9 Å². The summed E-state index contributed by atoms with van der Waals surface area (Å²) in [4.78, 5) is 13.4. The van der Waals surface area contributed by atoms with E-state index in [4.69, 9.17) is 9.47 Å². The monoisotopic (exact) mass is 341 g/mol. The van der Waals surface area contributed by atoms with Crippen molar-refractivity contribution in [3.63, 3.8) is 0 Å². The Balaban J connectivity index is 1.77. The molecule has 1 aliphatic heterocycles. The minimum atomic E-state index is -0.140. The molecule has 1 atom stereocenters. The van der Waals surface area contributed by atoms with Crippen LogP contribution in [0.3, 0.4) is 0 Å². The van der Waals surface area contributed by atoms with Crippen LogP contribution in [0.4, 0.5) is 0 Å². The predicted octanol–water partition coefficient (Wildman–Crippen LogP) is 2.64. The molecule has 1 heterocycles. The van der Waals surface area contributed by atoms with Crippen LogP contribution in [0.2, 0.25) is 0 Å². The lowest BCUT2D eigenvalue weighted by Crippen LogP contribution is -2.33. The van der Waals surface area contributed by atoms with E-state index in [2.05, 4.69) is 26.9 Å². The Hall–Kier alpha value is -1.07. The van der Waals surface area contributed by atoms with Crippen LogP contribution in [0.25, 0.3) is 0 Å². The van der Waals surface area contributed by atoms with Crippen molar-refractivity contribution in [1.82, 2.24) is 4.90 Å². The van der Waals surface area contributed by atoms with E-state index in [1.165, 1.54) is 5.56 Å². The van der Waals surface area contributed by atoms with Crippen molar-refractivity contribution in [3.8, 4) is 5.75 Å². The SMILES string of the molecule is CCOC(=O)CCN(C)CC1Cc2cc(Br)ccc2O1. The highest BCUT2D eigenvalue weighted by Crippen LogP contribution is 2.31. The first-order valence-electron chi connectivity index (χ1n) is 6.87. The molecule has 0 spiro atoms. The molecule has 20 heavy (non-hydrogen) atoms. The van der Waals surface area contributed by atoms with Crippen molar-refractivity contribution in [3.05, 3.63) is 28.2 Å². The molecule has 0 N–H and O–H groups in total. The van der Waals surface area contributed by atoms with E-state index in [9.17, 15) is 4.79 Å². The predicted molar refractivity (Wildman–Crippen MR) is 81.0 cm³/mol. The Labute approximate surface area is 128 Å². The fourth-order valence-corrected chi connectivity index (χ4v) is 2.75. The number of carbonyl (C=O) groups is 1. The van der Waals surface area contributed by atoms with Gasteiger partial charge in [-0.25, -0.2) is 0 Å². The number of halogens is 1. The molecule has 1 aromatic rings. The standard InChI is InChI=1S/C15H20BrNO3/c1-3-19-15(18)6-7-17(2)10-13-9-11-8-12(16)4-5-14(11)20-13/h4-5,8,13H,3,6-7,9-10H2,1-2H3. The van der Waals surface area contributed by atoms with Crippen LogP contribution in [0.5, 0.6) is 5.75 Å². The number of carbonyl (C=O) groups excluding carboxylic acids is 1. The van der Waals surface area contributed by atoms with Gasteiger partial charge >= 0.3 is 5.97 Å². The molecule has 2 rings (SSSR count). The van der Waals surface area contributed by atoms with E-state index in [1.54, 1.807) is 0 Å². The lowest BCUT2D eigenvalue weighted by Gasteiger charge is -2.20. The average molecular weight is 342 g/mol. The van der Waals surface area contributed by atoms with E-state index in [-0.39, 0.29) is 12.1 Å². The Kier molecular flexibility index (Phi) is 5.43. The van der Waals surface area contributed by atoms with Gasteiger partial charge in [0.15, 0.2) is 0 Å². The number of hydrogen-bond donors (Lipinski definition) is 0. The van der Waals surface area contributed by atoms with Gasteiger partial charge in [-0.3, -0.25) is 4.79 Å². The smallest absolute Gasteiger partial charge is 0.307 e. The van der Waals surface area contributed by atoms with Gasteiger partial charge in [0, 0.05) is 24.0 Å². The number of rotatable bonds is 6. The van der Waals surface area contributed by atoms with Gasteiger partial charge in [-0.1, -0.05) is 15.9 Å². The zero-order valence-electron chi connectivity index (χ0n) is 11.9. The third-order valence-corrected chi connectivity index (χ3v) is 3.78. The summed E-state index contributed by atoms with van der Waals surface area (Å²) < 4.78 is 11.9. The average Bonchev–Trinajstić information content (AvgIpc) is 2.78. The number of benzene rings is 1. The number of ether oxygens (including phenoxy) is 2. The normalized spacial score (nSPS) is 16.9. The minimum Gasteiger partial charge on any atom is -0.488 e. The van der Waals surface area contributed by atoms with E-state index in [0.717, 1.165) is 23.2 Å². The Morgan fingerprint density at radius 1 is 1.55 bits per heavy atom. The zero-order chi connectivity index (χ0) is 14.5. The lowest BCUT2D eigenvalue weighted by molar-refractivity contribution is -0.143. The summed E-state index contributed by atoms with van der Waals surface area (Å²) >= 11 is 3.47. The molecule has 110 valence electrons. The molecule has 1 aliphatic rings. The van der Waals surface area contributed by atoms with E-state index < -0.39 is 0 Å². The molecular formula is C15H20BrNO3. The van der Waals surface area contributed by atoms with Crippen LogP contribution in [0.1, 0.15) is 18.9 Å². The van der Waals surface area contributed by atoms with Crippen molar-refractivity contribution < 1.29 is 14.3 Å². The summed E-state index contributed by atoms with van der Waals surface area (Å²) in [5, 5.41) is 0. The highest BCUT2D eigenvalue weighted by Gasteiger charge is 2.24. The fraction of sp³-hybridized carbons (Fsp3) is 0.533. The fourth-order valence-electron chi connectivity index (χ4n) is 2.35. The summed E-state index contributed by atoms with van der Waals surface area (Å²) in [6, 6.07) is 6.09. The number of esters is 1. The van der Waals surface area contributed by atoms with Gasteiger partial charge in [0.2, 0.25) is 0 Å². The molecule has 0 fully saturated rings. The third-order valence-electron chi connectivity index (χ3n) is 3.28. The Bertz CT molecular complexity index is 478. The number of hydrogen-bond acceptors (Lipinski definition) is 4. The molecule has 0 aliphatic carbocycles. The van der Waals surface area contributed by atoms with Crippen LogP contribution in [0, 0.1) is 0 Å². The second kappa shape index (κ2) is 7.09. The first-order chi connectivity index (χ1) is 9.58. The minimum absolute atomic E-state index is 0.140. The van der Waals surface area contributed by atoms with Crippen LogP contribution < -0.4 is 4.74 Å². The maximum absolute atomic E-state index is 11.3. The topological polar surface area (TPSA) is 38.8 Å². The first kappa shape index (κ1) is 15.3. The summed E-state index contributed by atoms with van der Waals surface area (Å²) in [6.07, 6.45) is 1.50. The molecule has 0 radical (unpaired) electrons. The Morgan fingerprint density at radius 3 is 3.10 bits per heavy atom. The molecule has 0 aromatic heterocycles. The van der Waals surface area contributed by atoms with Crippen LogP contribution in [-0.2, 0) is 16.0 Å². The van der Waals surface area contributed by atoms with E-state index in [0.29, 0.717) is 19.6 Å². The highest BCUT2D eigenvalue weighted by molar-refractivity contribution is 9.10. The van der Waals surface area contributed by atoms with Gasteiger partial charge in [0.25, 0.3) is 0 Å². The van der Waals surface area contributed by atoms with Gasteiger partial charge in [0.05, 0.1) is 13.0 Å². The van der Waals surface area contributed by atoms with Gasteiger partial charge < -0.3 is 14.4 Å². The summed E-state index contributed by atoms with van der Waals surface area (Å²) in [5.74, 6) is 0.830. The van der Waals surface area contributed by atoms with E-state index in [1.807, 2.05) is 26.1 Å². The van der Waals surface area contributed by atoms with Crippen molar-refractivity contribution in [1.29, 1.82) is 0 Å². The Morgan fingerprint density at radius 2 is 2.35 bits per heavy atom. The summed E-state index contributed by atoms with van der Waals surface area (Å²) in [6.45, 7) is 3.77. The first-order valence-corrected chi connectivity index (χ1v) is 7.67. The molecule has 4 nitrogen and oxygen atoms in total. The molecular weight excluding hydrogens is 322 g/mol. The largest absolute Gasteiger partial charge is 0.488 e. The van der Waals surface area contributed by atoms with Crippen molar-refractivity contribution in [2.75, 3.05) is 26.7 Å². The maximum atomic E-state index is 11.3. The molecule has 0 bridgehead atoms. The lowest BCUT2D eigenvalue weighted by atomic mass is 10.1. The molecule has 5 heteroatoms. The number of nitrogens with zero attached hydrogens (tertiary/aromatic N) is 1. The highest BCUT2D eigenvalue weighted by atomic mass is 79.9. The van der Waals surface area contributed by atoms with Crippen LogP contribution in [-0.4, -0.2) is 43.7 Å². The molecule has 0 amide bonds.